The van der Waals surface area contributed by atoms with Crippen LogP contribution in [0, 0.1) is 5.92 Å². The second-order valence-corrected chi connectivity index (χ2v) is 7.45. The molecule has 1 fully saturated rings. The fourth-order valence-corrected chi connectivity index (χ4v) is 2.95. The smallest absolute Gasteiger partial charge is 0.250 e. The van der Waals surface area contributed by atoms with Crippen molar-refractivity contribution in [1.29, 1.82) is 0 Å². The van der Waals surface area contributed by atoms with Crippen molar-refractivity contribution >= 4 is 36.2 Å². The highest BCUT2D eigenvalue weighted by molar-refractivity contribution is 6.32. The van der Waals surface area contributed by atoms with E-state index < -0.39 is 5.54 Å². The lowest BCUT2D eigenvalue weighted by Gasteiger charge is -2.34. The van der Waals surface area contributed by atoms with Crippen LogP contribution in [0.5, 0.6) is 11.5 Å². The molecule has 3 rings (SSSR count). The van der Waals surface area contributed by atoms with E-state index in [4.69, 9.17) is 31.3 Å². The van der Waals surface area contributed by atoms with E-state index in [1.807, 2.05) is 18.2 Å². The van der Waals surface area contributed by atoms with E-state index in [2.05, 4.69) is 24.0 Å². The van der Waals surface area contributed by atoms with Crippen LogP contribution in [0.3, 0.4) is 0 Å². The van der Waals surface area contributed by atoms with Crippen molar-refractivity contribution in [2.24, 2.45) is 11.7 Å². The summed E-state index contributed by atoms with van der Waals surface area (Å²) in [5, 5.41) is 4.49. The molecule has 2 aromatic rings. The number of hydrogen-bond donors (Lipinski definition) is 1. The number of hydrogen-bond acceptors (Lipinski definition) is 6. The summed E-state index contributed by atoms with van der Waals surface area (Å²) in [6.07, 6.45) is 6.45. The van der Waals surface area contributed by atoms with Gasteiger partial charge in [0.15, 0.2) is 17.3 Å². The van der Waals surface area contributed by atoms with Gasteiger partial charge in [-0.05, 0) is 49.0 Å². The third kappa shape index (κ3) is 4.94. The first-order valence-corrected chi connectivity index (χ1v) is 9.10. The zero-order chi connectivity index (χ0) is 18.7. The average molecular weight is 414 g/mol. The van der Waals surface area contributed by atoms with Gasteiger partial charge in [0, 0.05) is 6.08 Å². The summed E-state index contributed by atoms with van der Waals surface area (Å²) in [5.74, 6) is 2.50. The molecule has 1 aromatic carbocycles. The van der Waals surface area contributed by atoms with Gasteiger partial charge in [0.05, 0.1) is 24.3 Å². The summed E-state index contributed by atoms with van der Waals surface area (Å²) in [7, 11) is 1.59. The molecule has 0 saturated heterocycles. The number of nitrogens with two attached hydrogens (primary N) is 1. The number of benzene rings is 1. The number of halogens is 2. The van der Waals surface area contributed by atoms with Crippen LogP contribution in [-0.4, -0.2) is 23.9 Å². The van der Waals surface area contributed by atoms with Crippen molar-refractivity contribution in [3.63, 3.8) is 0 Å². The Morgan fingerprint density at radius 1 is 1.33 bits per heavy atom. The molecule has 2 N–H and O–H groups in total. The van der Waals surface area contributed by atoms with Crippen LogP contribution in [0.1, 0.15) is 50.4 Å². The molecule has 8 heteroatoms. The van der Waals surface area contributed by atoms with Gasteiger partial charge < -0.3 is 19.7 Å². The van der Waals surface area contributed by atoms with E-state index in [0.29, 0.717) is 40.8 Å². The Hall–Kier alpha value is -1.76. The lowest BCUT2D eigenvalue weighted by molar-refractivity contribution is 0.229. The van der Waals surface area contributed by atoms with Crippen LogP contribution in [0.4, 0.5) is 0 Å². The van der Waals surface area contributed by atoms with Crippen molar-refractivity contribution < 1.29 is 14.0 Å². The van der Waals surface area contributed by atoms with Gasteiger partial charge in [-0.2, -0.15) is 4.98 Å². The highest BCUT2D eigenvalue weighted by atomic mass is 35.5. The van der Waals surface area contributed by atoms with E-state index in [9.17, 15) is 0 Å². The van der Waals surface area contributed by atoms with Gasteiger partial charge in [-0.15, -0.1) is 12.4 Å². The minimum atomic E-state index is -0.433. The van der Waals surface area contributed by atoms with Gasteiger partial charge >= 0.3 is 0 Å². The Balaban J connectivity index is 0.00000261. The molecule has 0 amide bonds. The maximum absolute atomic E-state index is 6.36. The van der Waals surface area contributed by atoms with Crippen LogP contribution in [0.2, 0.25) is 5.02 Å². The SMILES string of the molecule is COc1cc(/C=C/c2nc(C3(N)CCC3)no2)cc(Cl)c1OCC(C)C.Cl. The minimum absolute atomic E-state index is 0. The first-order valence-electron chi connectivity index (χ1n) is 8.73. The Morgan fingerprint density at radius 2 is 2.07 bits per heavy atom. The largest absolute Gasteiger partial charge is 0.493 e. The van der Waals surface area contributed by atoms with E-state index in [-0.39, 0.29) is 12.4 Å². The summed E-state index contributed by atoms with van der Waals surface area (Å²) >= 11 is 6.36. The van der Waals surface area contributed by atoms with Gasteiger partial charge in [0.25, 0.3) is 5.89 Å². The van der Waals surface area contributed by atoms with Gasteiger partial charge in [-0.3, -0.25) is 0 Å². The Kier molecular flexibility index (Phi) is 7.14. The molecule has 1 aromatic heterocycles. The van der Waals surface area contributed by atoms with Gasteiger partial charge in [0.2, 0.25) is 0 Å². The highest BCUT2D eigenvalue weighted by Crippen LogP contribution is 2.38. The highest BCUT2D eigenvalue weighted by Gasteiger charge is 2.38. The lowest BCUT2D eigenvalue weighted by atomic mass is 9.77. The van der Waals surface area contributed by atoms with E-state index in [1.165, 1.54) is 0 Å². The first kappa shape index (κ1) is 21.5. The number of rotatable bonds is 7. The molecular weight excluding hydrogens is 389 g/mol. The molecule has 27 heavy (non-hydrogen) atoms. The van der Waals surface area contributed by atoms with E-state index in [0.717, 1.165) is 24.8 Å². The molecular formula is C19H25Cl2N3O3. The van der Waals surface area contributed by atoms with Crippen molar-refractivity contribution in [2.75, 3.05) is 13.7 Å². The van der Waals surface area contributed by atoms with Crippen molar-refractivity contribution in [3.8, 4) is 11.5 Å². The zero-order valence-electron chi connectivity index (χ0n) is 15.7. The Morgan fingerprint density at radius 3 is 2.67 bits per heavy atom. The minimum Gasteiger partial charge on any atom is -0.493 e. The summed E-state index contributed by atoms with van der Waals surface area (Å²) < 4.78 is 16.4. The van der Waals surface area contributed by atoms with Gasteiger partial charge in [-0.1, -0.05) is 30.6 Å². The predicted octanol–water partition coefficient (Wildman–Crippen LogP) is 4.70. The fourth-order valence-electron chi connectivity index (χ4n) is 2.68. The van der Waals surface area contributed by atoms with E-state index in [1.54, 1.807) is 13.2 Å². The number of aromatic nitrogens is 2. The molecule has 0 atom stereocenters. The maximum Gasteiger partial charge on any atom is 0.250 e. The monoisotopic (exact) mass is 413 g/mol. The number of methoxy groups -OCH3 is 1. The van der Waals surface area contributed by atoms with Gasteiger partial charge in [0.1, 0.15) is 0 Å². The molecule has 1 saturated carbocycles. The molecule has 1 aliphatic carbocycles. The maximum atomic E-state index is 6.36. The quantitative estimate of drug-likeness (QED) is 0.707. The summed E-state index contributed by atoms with van der Waals surface area (Å²) in [4.78, 5) is 4.37. The molecule has 0 bridgehead atoms. The molecule has 1 aliphatic rings. The van der Waals surface area contributed by atoms with Crippen LogP contribution in [0.25, 0.3) is 12.2 Å². The second kappa shape index (κ2) is 8.95. The number of ether oxygens (including phenoxy) is 2. The molecule has 0 radical (unpaired) electrons. The Labute approximate surface area is 170 Å². The van der Waals surface area contributed by atoms with Crippen LogP contribution in [0.15, 0.2) is 16.7 Å². The summed E-state index contributed by atoms with van der Waals surface area (Å²) in [6.45, 7) is 4.72. The van der Waals surface area contributed by atoms with Crippen molar-refractivity contribution in [2.45, 2.75) is 38.6 Å². The third-order valence-corrected chi connectivity index (χ3v) is 4.64. The second-order valence-electron chi connectivity index (χ2n) is 7.04. The molecule has 1 heterocycles. The topological polar surface area (TPSA) is 83.4 Å². The molecule has 0 aliphatic heterocycles. The standard InChI is InChI=1S/C19H24ClN3O3.ClH/c1-12(2)11-25-17-14(20)9-13(10-15(17)24-3)5-6-16-22-18(23-26-16)19(21)7-4-8-19;/h5-6,9-10,12H,4,7-8,11,21H2,1-3H3;1H/b6-5+;. The predicted molar refractivity (Wildman–Crippen MR) is 109 cm³/mol. The zero-order valence-corrected chi connectivity index (χ0v) is 17.3. The van der Waals surface area contributed by atoms with Crippen molar-refractivity contribution in [1.82, 2.24) is 10.1 Å². The average Bonchev–Trinajstić information content (AvgIpc) is 3.05. The van der Waals surface area contributed by atoms with Crippen molar-refractivity contribution in [3.05, 3.63) is 34.4 Å². The third-order valence-electron chi connectivity index (χ3n) is 4.36. The fraction of sp³-hybridized carbons (Fsp3) is 0.474. The molecule has 0 spiro atoms. The normalized spacial score (nSPS) is 15.5. The van der Waals surface area contributed by atoms with Crippen LogP contribution in [-0.2, 0) is 5.54 Å². The number of nitrogens with zero attached hydrogens (tertiary/aromatic N) is 2. The summed E-state index contributed by atoms with van der Waals surface area (Å²) in [5.41, 5.74) is 6.62. The first-order chi connectivity index (χ1) is 12.4. The Bertz CT molecular complexity index is 801. The van der Waals surface area contributed by atoms with Crippen LogP contribution < -0.4 is 15.2 Å². The lowest BCUT2D eigenvalue weighted by Crippen LogP contribution is -2.44. The van der Waals surface area contributed by atoms with E-state index >= 15 is 0 Å². The molecule has 0 unspecified atom stereocenters. The van der Waals surface area contributed by atoms with Gasteiger partial charge in [-0.25, -0.2) is 0 Å². The molecule has 6 nitrogen and oxygen atoms in total. The molecule has 148 valence electrons. The summed E-state index contributed by atoms with van der Waals surface area (Å²) in [6, 6.07) is 3.66. The van der Waals surface area contributed by atoms with Crippen LogP contribution >= 0.6 is 24.0 Å².